The van der Waals surface area contributed by atoms with Crippen LogP contribution < -0.4 is 0 Å². The molecule has 0 fully saturated rings. The van der Waals surface area contributed by atoms with Crippen LogP contribution in [0, 0.1) is 0 Å². The second-order valence-electron chi connectivity index (χ2n) is 20.3. The smallest absolute Gasteiger partial charge is 0.306 e. The Kier molecular flexibility index (Phi) is 57.3. The van der Waals surface area contributed by atoms with E-state index in [-0.39, 0.29) is 25.2 Å². The highest BCUT2D eigenvalue weighted by Crippen LogP contribution is 2.16. The number of carbonyl (C=O) groups excluding carboxylic acids is 2. The lowest BCUT2D eigenvalue weighted by molar-refractivity contribution is -0.163. The molecule has 0 aliphatic heterocycles. The van der Waals surface area contributed by atoms with Crippen molar-refractivity contribution < 1.29 is 23.8 Å². The monoisotopic (exact) mass is 953 g/mol. The van der Waals surface area contributed by atoms with Crippen LogP contribution in [-0.4, -0.2) is 37.9 Å². The van der Waals surface area contributed by atoms with E-state index in [0.29, 0.717) is 19.4 Å². The predicted molar refractivity (Wildman–Crippen MR) is 298 cm³/mol. The third-order valence-electron chi connectivity index (χ3n) is 13.3. The molecule has 0 saturated heterocycles. The molecule has 0 unspecified atom stereocenters. The van der Waals surface area contributed by atoms with Crippen LogP contribution in [0.2, 0.25) is 0 Å². The average molecular weight is 954 g/mol. The predicted octanol–water partition coefficient (Wildman–Crippen LogP) is 20.7. The topological polar surface area (TPSA) is 61.8 Å². The fourth-order valence-corrected chi connectivity index (χ4v) is 8.81. The molecule has 0 aliphatic rings. The zero-order chi connectivity index (χ0) is 49.2. The van der Waals surface area contributed by atoms with Crippen LogP contribution in [0.1, 0.15) is 316 Å². The van der Waals surface area contributed by atoms with Crippen LogP contribution in [-0.2, 0) is 23.8 Å². The summed E-state index contributed by atoms with van der Waals surface area (Å²) in [6.45, 7) is 7.83. The van der Waals surface area contributed by atoms with Crippen LogP contribution in [0.15, 0.2) is 48.6 Å². The van der Waals surface area contributed by atoms with Crippen molar-refractivity contribution in [3.63, 3.8) is 0 Å². The van der Waals surface area contributed by atoms with Crippen molar-refractivity contribution in [3.8, 4) is 0 Å². The maximum atomic E-state index is 12.9. The molecule has 0 aromatic carbocycles. The quantitative estimate of drug-likeness (QED) is 0.0345. The van der Waals surface area contributed by atoms with E-state index in [9.17, 15) is 9.59 Å². The molecule has 68 heavy (non-hydrogen) atoms. The van der Waals surface area contributed by atoms with Crippen molar-refractivity contribution in [1.29, 1.82) is 0 Å². The molecule has 1 atom stereocenters. The maximum absolute atomic E-state index is 12.9. The lowest BCUT2D eigenvalue weighted by Crippen LogP contribution is -2.30. The Bertz CT molecular complexity index is 1120. The van der Waals surface area contributed by atoms with E-state index in [1.807, 2.05) is 0 Å². The number of unbranched alkanes of at least 4 members (excludes halogenated alkanes) is 37. The number of hydrogen-bond acceptors (Lipinski definition) is 5. The van der Waals surface area contributed by atoms with Gasteiger partial charge in [0, 0.05) is 19.4 Å². The Morgan fingerprint density at radius 2 is 0.618 bits per heavy atom. The molecule has 0 aromatic heterocycles. The van der Waals surface area contributed by atoms with Crippen LogP contribution in [0.25, 0.3) is 0 Å². The number of hydrogen-bond donors (Lipinski definition) is 0. The zero-order valence-electron chi connectivity index (χ0n) is 45.9. The normalized spacial score (nSPS) is 12.5. The molecule has 5 nitrogen and oxygen atoms in total. The second-order valence-corrected chi connectivity index (χ2v) is 20.3. The number of allylic oxidation sites excluding steroid dienone is 8. The molecule has 0 aromatic rings. The summed E-state index contributed by atoms with van der Waals surface area (Å²) in [4.78, 5) is 25.6. The van der Waals surface area contributed by atoms with Gasteiger partial charge in [-0.3, -0.25) is 9.59 Å². The fourth-order valence-electron chi connectivity index (χ4n) is 8.81. The fraction of sp³-hybridized carbons (Fsp3) is 0.841. The summed E-state index contributed by atoms with van der Waals surface area (Å²) in [5.41, 5.74) is 0. The molecule has 0 spiro atoms. The van der Waals surface area contributed by atoms with Gasteiger partial charge < -0.3 is 14.2 Å². The van der Waals surface area contributed by atoms with Gasteiger partial charge in [-0.2, -0.15) is 0 Å². The molecule has 0 saturated carbocycles. The highest BCUT2D eigenvalue weighted by Gasteiger charge is 2.17. The SMILES string of the molecule is CCCCC/C=C\C/C=C\C/C=C\CCCCCCC(=O)OC[C@@H](COCCCCCCCCCCCCCCCCCC)OC(=O)CCCCCCCCCCC/C=C\CCCCCCCC. The Morgan fingerprint density at radius 3 is 1.03 bits per heavy atom. The molecule has 0 N–H and O–H groups in total. The van der Waals surface area contributed by atoms with Crippen LogP contribution in [0.4, 0.5) is 0 Å². The minimum atomic E-state index is -0.544. The van der Waals surface area contributed by atoms with Gasteiger partial charge in [0.15, 0.2) is 6.10 Å². The molecular formula is C63H116O5. The van der Waals surface area contributed by atoms with Gasteiger partial charge in [0.25, 0.3) is 0 Å². The van der Waals surface area contributed by atoms with Gasteiger partial charge in [-0.25, -0.2) is 0 Å². The summed E-state index contributed by atoms with van der Waals surface area (Å²) in [5.74, 6) is -0.407. The second kappa shape index (κ2) is 59.2. The summed E-state index contributed by atoms with van der Waals surface area (Å²) >= 11 is 0. The first kappa shape index (κ1) is 65.9. The van der Waals surface area contributed by atoms with Crippen molar-refractivity contribution >= 4 is 11.9 Å². The first-order valence-electron chi connectivity index (χ1n) is 30.2. The van der Waals surface area contributed by atoms with E-state index in [0.717, 1.165) is 64.2 Å². The number of ether oxygens (including phenoxy) is 3. The molecule has 0 amide bonds. The van der Waals surface area contributed by atoms with Gasteiger partial charge >= 0.3 is 11.9 Å². The van der Waals surface area contributed by atoms with Gasteiger partial charge in [0.1, 0.15) is 6.61 Å². The summed E-state index contributed by atoms with van der Waals surface area (Å²) < 4.78 is 17.5. The van der Waals surface area contributed by atoms with Crippen molar-refractivity contribution in [2.45, 2.75) is 322 Å². The Labute approximate surface area is 424 Å². The highest BCUT2D eigenvalue weighted by molar-refractivity contribution is 5.70. The van der Waals surface area contributed by atoms with E-state index >= 15 is 0 Å². The number of esters is 2. The summed E-state index contributed by atoms with van der Waals surface area (Å²) in [7, 11) is 0. The van der Waals surface area contributed by atoms with E-state index in [2.05, 4.69) is 69.4 Å². The van der Waals surface area contributed by atoms with E-state index in [1.165, 1.54) is 218 Å². The van der Waals surface area contributed by atoms with Crippen molar-refractivity contribution in [3.05, 3.63) is 48.6 Å². The molecule has 0 radical (unpaired) electrons. The molecular weight excluding hydrogens is 837 g/mol. The van der Waals surface area contributed by atoms with Crippen LogP contribution in [0.5, 0.6) is 0 Å². The Balaban J connectivity index is 4.28. The highest BCUT2D eigenvalue weighted by atomic mass is 16.6. The summed E-state index contributed by atoms with van der Waals surface area (Å²) in [6.07, 6.45) is 74.2. The lowest BCUT2D eigenvalue weighted by Gasteiger charge is -2.18. The zero-order valence-corrected chi connectivity index (χ0v) is 45.9. The van der Waals surface area contributed by atoms with Gasteiger partial charge in [-0.05, 0) is 83.5 Å². The van der Waals surface area contributed by atoms with Crippen LogP contribution >= 0.6 is 0 Å². The van der Waals surface area contributed by atoms with Gasteiger partial charge in [0.2, 0.25) is 0 Å². The average Bonchev–Trinajstić information content (AvgIpc) is 3.34. The first-order chi connectivity index (χ1) is 33.6. The molecule has 0 rings (SSSR count). The summed E-state index contributed by atoms with van der Waals surface area (Å²) in [6, 6.07) is 0. The molecule has 398 valence electrons. The van der Waals surface area contributed by atoms with Gasteiger partial charge in [-0.15, -0.1) is 0 Å². The number of rotatable bonds is 56. The number of carbonyl (C=O) groups is 2. The summed E-state index contributed by atoms with van der Waals surface area (Å²) in [5, 5.41) is 0. The van der Waals surface area contributed by atoms with E-state index < -0.39 is 6.10 Å². The van der Waals surface area contributed by atoms with Gasteiger partial charge in [-0.1, -0.05) is 268 Å². The molecule has 0 bridgehead atoms. The maximum Gasteiger partial charge on any atom is 0.306 e. The minimum Gasteiger partial charge on any atom is -0.462 e. The largest absolute Gasteiger partial charge is 0.462 e. The Hall–Kier alpha value is -2.14. The minimum absolute atomic E-state index is 0.0769. The third kappa shape index (κ3) is 56.4. The lowest BCUT2D eigenvalue weighted by atomic mass is 10.0. The third-order valence-corrected chi connectivity index (χ3v) is 13.3. The Morgan fingerprint density at radius 1 is 0.324 bits per heavy atom. The van der Waals surface area contributed by atoms with Gasteiger partial charge in [0.05, 0.1) is 6.61 Å². The van der Waals surface area contributed by atoms with Crippen LogP contribution in [0.3, 0.4) is 0 Å². The first-order valence-corrected chi connectivity index (χ1v) is 30.2. The molecule has 0 aliphatic carbocycles. The van der Waals surface area contributed by atoms with E-state index in [4.69, 9.17) is 14.2 Å². The standard InChI is InChI=1S/C63H116O5/c1-4-7-10-13-16-19-22-25-28-31-32-34-36-39-42-45-48-51-54-57-63(65)68-61(59-66-58-55-52-49-46-43-40-37-30-27-24-21-18-15-12-9-6-3)60-67-62(64)56-53-50-47-44-41-38-35-33-29-26-23-20-17-14-11-8-5-2/h17,20,25-26,28-29,35,38,61H,4-16,18-19,21-24,27,30-34,36-37,39-60H2,1-3H3/b20-17-,28-25-,29-26-,38-35-/t61-/m1/s1. The molecule has 0 heterocycles. The molecule has 5 heteroatoms. The van der Waals surface area contributed by atoms with Crippen molar-refractivity contribution in [2.24, 2.45) is 0 Å². The van der Waals surface area contributed by atoms with Crippen molar-refractivity contribution in [1.82, 2.24) is 0 Å². The van der Waals surface area contributed by atoms with Crippen molar-refractivity contribution in [2.75, 3.05) is 19.8 Å². The van der Waals surface area contributed by atoms with E-state index in [1.54, 1.807) is 0 Å².